The van der Waals surface area contributed by atoms with Gasteiger partial charge in [0.05, 0.1) is 18.3 Å². The van der Waals surface area contributed by atoms with Crippen LogP contribution in [0.5, 0.6) is 0 Å². The fourth-order valence-electron chi connectivity index (χ4n) is 3.10. The third-order valence-electron chi connectivity index (χ3n) is 4.07. The molecule has 0 radical (unpaired) electrons. The van der Waals surface area contributed by atoms with E-state index >= 15 is 0 Å². The number of benzene rings is 2. The summed E-state index contributed by atoms with van der Waals surface area (Å²) in [4.78, 5) is 0. The number of ether oxygens (including phenoxy) is 1. The Bertz CT molecular complexity index is 489. The van der Waals surface area contributed by atoms with E-state index in [0.717, 1.165) is 25.7 Å². The summed E-state index contributed by atoms with van der Waals surface area (Å²) in [6.45, 7) is 0. The van der Waals surface area contributed by atoms with Crippen molar-refractivity contribution in [2.75, 3.05) is 0 Å². The van der Waals surface area contributed by atoms with Crippen LogP contribution in [0.2, 0.25) is 0 Å². The summed E-state index contributed by atoms with van der Waals surface area (Å²) in [5.74, 6) is 0. The molecule has 1 unspecified atom stereocenters. The Kier molecular flexibility index (Phi) is 4.69. The van der Waals surface area contributed by atoms with E-state index in [2.05, 4.69) is 48.5 Å². The van der Waals surface area contributed by atoms with Crippen molar-refractivity contribution in [2.24, 2.45) is 0 Å². The fraction of sp³-hybridized carbons (Fsp3) is 0.368. The van der Waals surface area contributed by atoms with Crippen molar-refractivity contribution in [2.45, 2.75) is 44.0 Å². The summed E-state index contributed by atoms with van der Waals surface area (Å²) in [6, 6.07) is 20.7. The molecule has 1 saturated heterocycles. The van der Waals surface area contributed by atoms with Gasteiger partial charge >= 0.3 is 0 Å². The zero-order valence-electron chi connectivity index (χ0n) is 12.2. The minimum absolute atomic E-state index is 0.116. The highest BCUT2D eigenvalue weighted by atomic mass is 16.5. The number of rotatable bonds is 4. The molecule has 3 atom stereocenters. The lowest BCUT2D eigenvalue weighted by Crippen LogP contribution is -2.37. The molecule has 0 spiro atoms. The highest BCUT2D eigenvalue weighted by Gasteiger charge is 2.28. The summed E-state index contributed by atoms with van der Waals surface area (Å²) in [6.07, 6.45) is 3.21. The van der Waals surface area contributed by atoms with E-state index < -0.39 is 0 Å². The number of hydrogen-bond acceptors (Lipinski definition) is 2. The molecule has 2 heteroatoms. The third-order valence-corrected chi connectivity index (χ3v) is 4.07. The lowest BCUT2D eigenvalue weighted by Gasteiger charge is -2.33. The van der Waals surface area contributed by atoms with Crippen LogP contribution in [-0.4, -0.2) is 23.4 Å². The predicted molar refractivity (Wildman–Crippen MR) is 84.2 cm³/mol. The largest absolute Gasteiger partial charge is 0.393 e. The molecule has 0 aliphatic carbocycles. The van der Waals surface area contributed by atoms with Gasteiger partial charge in [0.1, 0.15) is 0 Å². The topological polar surface area (TPSA) is 29.5 Å². The van der Waals surface area contributed by atoms with Crippen LogP contribution in [0.1, 0.15) is 24.0 Å². The van der Waals surface area contributed by atoms with Gasteiger partial charge in [-0.15, -0.1) is 0 Å². The van der Waals surface area contributed by atoms with Gasteiger partial charge in [0, 0.05) is 0 Å². The van der Waals surface area contributed by atoms with Crippen LogP contribution in [0.3, 0.4) is 0 Å². The van der Waals surface area contributed by atoms with Crippen LogP contribution in [0, 0.1) is 0 Å². The van der Waals surface area contributed by atoms with E-state index in [-0.39, 0.29) is 18.3 Å². The second-order valence-corrected chi connectivity index (χ2v) is 5.88. The first-order chi connectivity index (χ1) is 10.3. The molecule has 0 aromatic heterocycles. The third kappa shape index (κ3) is 4.16. The minimum atomic E-state index is -0.249. The summed E-state index contributed by atoms with van der Waals surface area (Å²) < 4.78 is 6.20. The van der Waals surface area contributed by atoms with Gasteiger partial charge < -0.3 is 9.84 Å². The minimum Gasteiger partial charge on any atom is -0.393 e. The van der Waals surface area contributed by atoms with Crippen LogP contribution < -0.4 is 0 Å². The fourth-order valence-corrected chi connectivity index (χ4v) is 3.10. The average molecular weight is 282 g/mol. The number of aliphatic hydroxyl groups is 1. The molecule has 3 rings (SSSR count). The standard InChI is InChI=1S/C19H22O2/c20-17-13-18(11-15-7-3-1-4-8-15)21-19(14-17)12-16-9-5-2-6-10-16/h1-10,17-20H,11-14H2/t17?,18-,19+. The molecule has 1 aliphatic heterocycles. The summed E-state index contributed by atoms with van der Waals surface area (Å²) >= 11 is 0. The monoisotopic (exact) mass is 282 g/mol. The van der Waals surface area contributed by atoms with Gasteiger partial charge in [0.25, 0.3) is 0 Å². The van der Waals surface area contributed by atoms with Crippen LogP contribution in [0.4, 0.5) is 0 Å². The lowest BCUT2D eigenvalue weighted by atomic mass is 9.93. The van der Waals surface area contributed by atoms with Gasteiger partial charge in [-0.3, -0.25) is 0 Å². The van der Waals surface area contributed by atoms with Crippen LogP contribution in [0.25, 0.3) is 0 Å². The second-order valence-electron chi connectivity index (χ2n) is 5.88. The molecular weight excluding hydrogens is 260 g/mol. The smallest absolute Gasteiger partial charge is 0.0644 e. The van der Waals surface area contributed by atoms with E-state index in [1.807, 2.05) is 12.1 Å². The summed E-state index contributed by atoms with van der Waals surface area (Å²) in [7, 11) is 0. The van der Waals surface area contributed by atoms with Gasteiger partial charge in [-0.2, -0.15) is 0 Å². The highest BCUT2D eigenvalue weighted by molar-refractivity contribution is 5.17. The maximum atomic E-state index is 10.1. The molecule has 110 valence electrons. The average Bonchev–Trinajstić information content (AvgIpc) is 2.48. The predicted octanol–water partition coefficient (Wildman–Crippen LogP) is 3.38. The Hall–Kier alpha value is -1.64. The Morgan fingerprint density at radius 2 is 1.19 bits per heavy atom. The number of aliphatic hydroxyl groups excluding tert-OH is 1. The Morgan fingerprint density at radius 3 is 1.62 bits per heavy atom. The van der Waals surface area contributed by atoms with Gasteiger partial charge in [0.2, 0.25) is 0 Å². The molecule has 21 heavy (non-hydrogen) atoms. The molecule has 2 aromatic rings. The van der Waals surface area contributed by atoms with E-state index in [0.29, 0.717) is 0 Å². The molecule has 2 nitrogen and oxygen atoms in total. The van der Waals surface area contributed by atoms with E-state index in [1.165, 1.54) is 11.1 Å². The molecule has 1 heterocycles. The van der Waals surface area contributed by atoms with Gasteiger partial charge in [0.15, 0.2) is 0 Å². The van der Waals surface area contributed by atoms with E-state index in [1.54, 1.807) is 0 Å². The quantitative estimate of drug-likeness (QED) is 0.931. The van der Waals surface area contributed by atoms with Crippen molar-refractivity contribution in [3.8, 4) is 0 Å². The second kappa shape index (κ2) is 6.88. The maximum Gasteiger partial charge on any atom is 0.0644 e. The summed E-state index contributed by atoms with van der Waals surface area (Å²) in [5.41, 5.74) is 2.55. The molecular formula is C19H22O2. The SMILES string of the molecule is OC1C[C@@H](Cc2ccccc2)O[C@@H](Cc2ccccc2)C1. The van der Waals surface area contributed by atoms with Crippen molar-refractivity contribution >= 4 is 0 Å². The normalized spacial score (nSPS) is 25.7. The van der Waals surface area contributed by atoms with Crippen molar-refractivity contribution in [1.82, 2.24) is 0 Å². The first-order valence-corrected chi connectivity index (χ1v) is 7.71. The Labute approximate surface area is 126 Å². The van der Waals surface area contributed by atoms with Crippen LogP contribution in [0.15, 0.2) is 60.7 Å². The van der Waals surface area contributed by atoms with Gasteiger partial charge in [-0.05, 0) is 36.8 Å². The van der Waals surface area contributed by atoms with E-state index in [9.17, 15) is 5.11 Å². The zero-order valence-corrected chi connectivity index (χ0v) is 12.2. The van der Waals surface area contributed by atoms with Crippen molar-refractivity contribution in [3.63, 3.8) is 0 Å². The van der Waals surface area contributed by atoms with E-state index in [4.69, 9.17) is 4.74 Å². The number of hydrogen-bond donors (Lipinski definition) is 1. The van der Waals surface area contributed by atoms with Crippen LogP contribution in [-0.2, 0) is 17.6 Å². The Balaban J connectivity index is 1.62. The Morgan fingerprint density at radius 1 is 0.762 bits per heavy atom. The van der Waals surface area contributed by atoms with Crippen LogP contribution >= 0.6 is 0 Å². The first-order valence-electron chi connectivity index (χ1n) is 7.71. The molecule has 0 amide bonds. The first kappa shape index (κ1) is 14.3. The molecule has 1 fully saturated rings. The maximum absolute atomic E-state index is 10.1. The zero-order chi connectivity index (χ0) is 14.5. The molecule has 0 saturated carbocycles. The van der Waals surface area contributed by atoms with Crippen molar-refractivity contribution < 1.29 is 9.84 Å². The molecule has 2 aromatic carbocycles. The highest BCUT2D eigenvalue weighted by Crippen LogP contribution is 2.24. The molecule has 1 aliphatic rings. The van der Waals surface area contributed by atoms with Gasteiger partial charge in [-0.25, -0.2) is 0 Å². The van der Waals surface area contributed by atoms with Crippen molar-refractivity contribution in [1.29, 1.82) is 0 Å². The summed E-state index contributed by atoms with van der Waals surface area (Å²) in [5, 5.41) is 10.1. The molecule has 1 N–H and O–H groups in total. The molecule has 0 bridgehead atoms. The van der Waals surface area contributed by atoms with Crippen molar-refractivity contribution in [3.05, 3.63) is 71.8 Å². The van der Waals surface area contributed by atoms with Gasteiger partial charge in [-0.1, -0.05) is 60.7 Å². The lowest BCUT2D eigenvalue weighted by molar-refractivity contribution is -0.0937.